The minimum atomic E-state index is -1.09. The SMILES string of the molecule is CC/C=C\C[C@@H](O)/C=C/C=C/C=C\C=C/[C@H](O)[C@@H](O)CCCC(=O)OC[C@@H](O)COC(=O)CCCCCCCCCCCCCCC. The van der Waals surface area contributed by atoms with E-state index in [-0.39, 0.29) is 32.0 Å². The van der Waals surface area contributed by atoms with Crippen LogP contribution in [0.15, 0.2) is 60.8 Å². The van der Waals surface area contributed by atoms with E-state index in [1.807, 2.05) is 19.1 Å². The van der Waals surface area contributed by atoms with Gasteiger partial charge in [0.25, 0.3) is 0 Å². The molecule has 8 nitrogen and oxygen atoms in total. The lowest BCUT2D eigenvalue weighted by Gasteiger charge is -2.14. The molecule has 0 radical (unpaired) electrons. The quantitative estimate of drug-likeness (QED) is 0.0256. The van der Waals surface area contributed by atoms with Crippen LogP contribution in [-0.4, -0.2) is 70.0 Å². The average Bonchev–Trinajstić information content (AvgIpc) is 3.06. The number of allylic oxidation sites excluding steroid dienone is 7. The third-order valence-corrected chi connectivity index (χ3v) is 7.61. The number of hydrogen-bond acceptors (Lipinski definition) is 8. The normalized spacial score (nSPS) is 14.9. The summed E-state index contributed by atoms with van der Waals surface area (Å²) in [4.78, 5) is 23.9. The maximum absolute atomic E-state index is 12.0. The topological polar surface area (TPSA) is 134 Å². The van der Waals surface area contributed by atoms with Gasteiger partial charge in [-0.25, -0.2) is 0 Å². The number of aliphatic hydroxyl groups is 4. The van der Waals surface area contributed by atoms with E-state index in [4.69, 9.17) is 9.47 Å². The molecule has 0 spiro atoms. The van der Waals surface area contributed by atoms with Crippen molar-refractivity contribution in [3.63, 3.8) is 0 Å². The zero-order valence-electron chi connectivity index (χ0n) is 29.4. The third kappa shape index (κ3) is 31.8. The van der Waals surface area contributed by atoms with Gasteiger partial charge >= 0.3 is 11.9 Å². The van der Waals surface area contributed by atoms with Crippen molar-refractivity contribution in [2.75, 3.05) is 13.2 Å². The molecule has 0 aliphatic rings. The Morgan fingerprint density at radius 1 is 0.574 bits per heavy atom. The van der Waals surface area contributed by atoms with Crippen molar-refractivity contribution in [1.82, 2.24) is 0 Å². The van der Waals surface area contributed by atoms with Crippen LogP contribution in [0.1, 0.15) is 136 Å². The van der Waals surface area contributed by atoms with Crippen molar-refractivity contribution in [2.24, 2.45) is 0 Å². The van der Waals surface area contributed by atoms with Crippen molar-refractivity contribution < 1.29 is 39.5 Å². The van der Waals surface area contributed by atoms with E-state index in [0.717, 1.165) is 25.7 Å². The van der Waals surface area contributed by atoms with E-state index >= 15 is 0 Å². The van der Waals surface area contributed by atoms with Crippen LogP contribution >= 0.6 is 0 Å². The van der Waals surface area contributed by atoms with Gasteiger partial charge in [0.05, 0.1) is 18.3 Å². The van der Waals surface area contributed by atoms with Gasteiger partial charge < -0.3 is 29.9 Å². The minimum absolute atomic E-state index is 0.0286. The van der Waals surface area contributed by atoms with Crippen LogP contribution < -0.4 is 0 Å². The maximum atomic E-state index is 12.0. The molecule has 8 heteroatoms. The summed E-state index contributed by atoms with van der Waals surface area (Å²) < 4.78 is 10.1. The molecule has 4 N–H and O–H groups in total. The summed E-state index contributed by atoms with van der Waals surface area (Å²) in [6, 6.07) is 0. The van der Waals surface area contributed by atoms with Crippen molar-refractivity contribution in [3.8, 4) is 0 Å². The van der Waals surface area contributed by atoms with Gasteiger partial charge in [-0.1, -0.05) is 152 Å². The number of carbonyl (C=O) groups excluding carboxylic acids is 2. The Bertz CT molecular complexity index is 891. The van der Waals surface area contributed by atoms with E-state index in [0.29, 0.717) is 19.3 Å². The van der Waals surface area contributed by atoms with Gasteiger partial charge in [-0.05, 0) is 32.1 Å². The number of hydrogen-bond donors (Lipinski definition) is 4. The first-order valence-corrected chi connectivity index (χ1v) is 18.2. The fraction of sp³-hybridized carbons (Fsp3) is 0.692. The summed E-state index contributed by atoms with van der Waals surface area (Å²) >= 11 is 0. The summed E-state index contributed by atoms with van der Waals surface area (Å²) in [5, 5.41) is 40.0. The monoisotopic (exact) mass is 662 g/mol. The highest BCUT2D eigenvalue weighted by Crippen LogP contribution is 2.13. The van der Waals surface area contributed by atoms with Gasteiger partial charge in [-0.15, -0.1) is 0 Å². The molecule has 0 rings (SSSR count). The number of carbonyl (C=O) groups is 2. The molecule has 0 aromatic heterocycles. The van der Waals surface area contributed by atoms with Crippen LogP contribution in [0.4, 0.5) is 0 Å². The molecule has 0 bridgehead atoms. The molecule has 0 aliphatic heterocycles. The van der Waals surface area contributed by atoms with E-state index in [9.17, 15) is 30.0 Å². The molecule has 0 unspecified atom stereocenters. The van der Waals surface area contributed by atoms with Crippen LogP contribution in [0.2, 0.25) is 0 Å². The Hall–Kier alpha value is -2.52. The molecule has 47 heavy (non-hydrogen) atoms. The lowest BCUT2D eigenvalue weighted by atomic mass is 10.0. The van der Waals surface area contributed by atoms with Crippen molar-refractivity contribution in [2.45, 2.75) is 160 Å². The zero-order chi connectivity index (χ0) is 34.8. The van der Waals surface area contributed by atoms with Crippen LogP contribution in [0, 0.1) is 0 Å². The maximum Gasteiger partial charge on any atom is 0.305 e. The second-order valence-electron chi connectivity index (χ2n) is 12.2. The fourth-order valence-corrected chi connectivity index (χ4v) is 4.72. The largest absolute Gasteiger partial charge is 0.463 e. The van der Waals surface area contributed by atoms with E-state index in [1.54, 1.807) is 42.5 Å². The molecule has 0 saturated carbocycles. The zero-order valence-corrected chi connectivity index (χ0v) is 29.4. The van der Waals surface area contributed by atoms with Crippen molar-refractivity contribution in [3.05, 3.63) is 60.8 Å². The third-order valence-electron chi connectivity index (χ3n) is 7.61. The summed E-state index contributed by atoms with van der Waals surface area (Å²) in [6.45, 7) is 3.80. The van der Waals surface area contributed by atoms with Gasteiger partial charge in [0.2, 0.25) is 0 Å². The molecule has 0 aromatic carbocycles. The van der Waals surface area contributed by atoms with Gasteiger partial charge in [0.1, 0.15) is 19.3 Å². The number of unbranched alkanes of at least 4 members (excludes halogenated alkanes) is 12. The van der Waals surface area contributed by atoms with Crippen LogP contribution in [0.5, 0.6) is 0 Å². The summed E-state index contributed by atoms with van der Waals surface area (Å²) in [5.41, 5.74) is 0. The Kier molecular flexibility index (Phi) is 31.6. The molecular formula is C39H66O8. The molecular weight excluding hydrogens is 596 g/mol. The highest BCUT2D eigenvalue weighted by atomic mass is 16.6. The highest BCUT2D eigenvalue weighted by Gasteiger charge is 2.15. The van der Waals surface area contributed by atoms with Gasteiger partial charge in [0.15, 0.2) is 0 Å². The lowest BCUT2D eigenvalue weighted by molar-refractivity contribution is -0.152. The van der Waals surface area contributed by atoms with Crippen LogP contribution in [0.3, 0.4) is 0 Å². The van der Waals surface area contributed by atoms with E-state index < -0.39 is 30.4 Å². The molecule has 0 aliphatic carbocycles. The second-order valence-corrected chi connectivity index (χ2v) is 12.2. The Labute approximate surface area is 285 Å². The number of esters is 2. The molecule has 0 amide bonds. The van der Waals surface area contributed by atoms with Gasteiger partial charge in [-0.3, -0.25) is 9.59 Å². The summed E-state index contributed by atoms with van der Waals surface area (Å²) in [5.74, 6) is -0.889. The molecule has 0 saturated heterocycles. The molecule has 0 aromatic rings. The van der Waals surface area contributed by atoms with Crippen molar-refractivity contribution >= 4 is 11.9 Å². The first-order chi connectivity index (χ1) is 22.8. The van der Waals surface area contributed by atoms with E-state index in [1.165, 1.54) is 70.3 Å². The fourth-order valence-electron chi connectivity index (χ4n) is 4.72. The van der Waals surface area contributed by atoms with Gasteiger partial charge in [0, 0.05) is 12.8 Å². The lowest BCUT2D eigenvalue weighted by Crippen LogP contribution is -2.26. The smallest absolute Gasteiger partial charge is 0.305 e. The molecule has 4 atom stereocenters. The molecule has 0 heterocycles. The van der Waals surface area contributed by atoms with Crippen LogP contribution in [-0.2, 0) is 19.1 Å². The Balaban J connectivity index is 3.83. The Morgan fingerprint density at radius 2 is 1.04 bits per heavy atom. The summed E-state index contributed by atoms with van der Waals surface area (Å²) in [7, 11) is 0. The van der Waals surface area contributed by atoms with Crippen LogP contribution in [0.25, 0.3) is 0 Å². The first-order valence-electron chi connectivity index (χ1n) is 18.2. The van der Waals surface area contributed by atoms with Crippen molar-refractivity contribution in [1.29, 1.82) is 0 Å². The van der Waals surface area contributed by atoms with E-state index in [2.05, 4.69) is 6.92 Å². The second kappa shape index (κ2) is 33.4. The number of rotatable bonds is 31. The minimum Gasteiger partial charge on any atom is -0.463 e. The Morgan fingerprint density at radius 3 is 1.57 bits per heavy atom. The van der Waals surface area contributed by atoms with Gasteiger partial charge in [-0.2, -0.15) is 0 Å². The number of ether oxygens (including phenoxy) is 2. The summed E-state index contributed by atoms with van der Waals surface area (Å²) in [6.07, 6.45) is 32.3. The predicted octanol–water partition coefficient (Wildman–Crippen LogP) is 7.75. The first kappa shape index (κ1) is 44.5. The standard InChI is InChI=1S/C39H66O8/c1-3-5-7-8-9-10-11-12-13-14-15-20-24-30-38(44)46-32-35(41)33-47-39(45)31-25-29-37(43)36(42)28-23-19-17-16-18-22-27-34(40)26-21-6-4-2/h6,16-19,21-23,27-28,34-37,40-43H,3-5,7-15,20,24-26,29-33H2,1-2H3/b18-16+,19-17-,21-6-,27-22+,28-23-/t34-,35+,36+,37+/m1/s1. The predicted molar refractivity (Wildman–Crippen MR) is 191 cm³/mol. The highest BCUT2D eigenvalue weighted by molar-refractivity contribution is 5.69. The molecule has 0 fully saturated rings. The number of aliphatic hydroxyl groups excluding tert-OH is 4. The average molecular weight is 663 g/mol. The molecule has 270 valence electrons.